The van der Waals surface area contributed by atoms with Gasteiger partial charge in [-0.2, -0.15) is 8.78 Å². The number of carboxylic acid groups (broad SMARTS) is 1. The first-order valence-electron chi connectivity index (χ1n) is 9.07. The molecule has 0 fully saturated rings. The van der Waals surface area contributed by atoms with Crippen LogP contribution in [0.15, 0.2) is 59.5 Å². The molecule has 0 saturated carbocycles. The third-order valence-electron chi connectivity index (χ3n) is 4.04. The fourth-order valence-corrected chi connectivity index (χ4v) is 2.80. The summed E-state index contributed by atoms with van der Waals surface area (Å²) in [6.45, 7) is 0.827. The van der Waals surface area contributed by atoms with Gasteiger partial charge in [-0.05, 0) is 50.2 Å². The van der Waals surface area contributed by atoms with Crippen LogP contribution in [0.2, 0.25) is 0 Å². The van der Waals surface area contributed by atoms with Gasteiger partial charge in [0.05, 0.1) is 24.4 Å². The minimum absolute atomic E-state index is 0.0803. The monoisotopic (exact) mass is 418 g/mol. The van der Waals surface area contributed by atoms with Crippen molar-refractivity contribution in [3.63, 3.8) is 0 Å². The topological polar surface area (TPSA) is 85.0 Å². The molecule has 30 heavy (non-hydrogen) atoms. The Labute approximate surface area is 171 Å². The summed E-state index contributed by atoms with van der Waals surface area (Å²) in [6.07, 6.45) is 2.59. The average Bonchev–Trinajstić information content (AvgIpc) is 3.20. The largest absolute Gasteiger partial charge is 0.487 e. The van der Waals surface area contributed by atoms with Crippen LogP contribution in [0.25, 0.3) is 0 Å². The molecular formula is C21H20F2N2O5. The van der Waals surface area contributed by atoms with Crippen LogP contribution in [0, 0.1) is 0 Å². The second-order valence-corrected chi connectivity index (χ2v) is 6.58. The highest BCUT2D eigenvalue weighted by atomic mass is 19.3. The smallest absolute Gasteiger partial charge is 0.387 e. The van der Waals surface area contributed by atoms with E-state index in [1.54, 1.807) is 44.3 Å². The lowest BCUT2D eigenvalue weighted by molar-refractivity contribution is -0.0518. The molecule has 158 valence electrons. The molecule has 1 N–H and O–H groups in total. The first-order valence-corrected chi connectivity index (χ1v) is 9.07. The number of oxazole rings is 1. The SMILES string of the molecule is CC(C)Oc1cc(N(Cc2cnco2)c2ccc(C(=O)O)cc2)ccc1OC(F)F. The van der Waals surface area contributed by atoms with E-state index in [4.69, 9.17) is 14.3 Å². The number of carboxylic acids is 1. The average molecular weight is 418 g/mol. The summed E-state index contributed by atoms with van der Waals surface area (Å²) >= 11 is 0. The standard InChI is InChI=1S/C21H20F2N2O5/c1-13(2)29-19-9-16(7-8-18(19)30-21(22)23)25(11-17-10-24-12-28-17)15-5-3-14(4-6-15)20(26)27/h3-10,12-13,21H,11H2,1-2H3,(H,26,27). The molecule has 9 heteroatoms. The van der Waals surface area contributed by atoms with E-state index in [2.05, 4.69) is 9.72 Å². The fraction of sp³-hybridized carbons (Fsp3) is 0.238. The van der Waals surface area contributed by atoms with Crippen LogP contribution in [-0.2, 0) is 6.54 Å². The maximum atomic E-state index is 12.8. The number of alkyl halides is 2. The number of nitrogens with zero attached hydrogens (tertiary/aromatic N) is 2. The van der Waals surface area contributed by atoms with E-state index < -0.39 is 12.6 Å². The van der Waals surface area contributed by atoms with Gasteiger partial charge in [0.2, 0.25) is 0 Å². The molecule has 1 aromatic heterocycles. The van der Waals surface area contributed by atoms with Crippen molar-refractivity contribution < 1.29 is 32.6 Å². The predicted octanol–water partition coefficient (Wildman–Crippen LogP) is 5.10. The van der Waals surface area contributed by atoms with E-state index in [-0.39, 0.29) is 29.7 Å². The second kappa shape index (κ2) is 9.25. The Hall–Kier alpha value is -3.62. The number of hydrogen-bond acceptors (Lipinski definition) is 6. The summed E-state index contributed by atoms with van der Waals surface area (Å²) in [4.78, 5) is 16.9. The van der Waals surface area contributed by atoms with Crippen molar-refractivity contribution in [2.24, 2.45) is 0 Å². The Bertz CT molecular complexity index is 976. The van der Waals surface area contributed by atoms with Crippen molar-refractivity contribution in [1.82, 2.24) is 4.98 Å². The molecule has 1 heterocycles. The third-order valence-corrected chi connectivity index (χ3v) is 4.04. The molecule has 0 aliphatic heterocycles. The van der Waals surface area contributed by atoms with Gasteiger partial charge in [0, 0.05) is 17.4 Å². The lowest BCUT2D eigenvalue weighted by Gasteiger charge is -2.25. The van der Waals surface area contributed by atoms with Gasteiger partial charge in [-0.15, -0.1) is 0 Å². The van der Waals surface area contributed by atoms with E-state index >= 15 is 0 Å². The van der Waals surface area contributed by atoms with E-state index in [9.17, 15) is 13.6 Å². The quantitative estimate of drug-likeness (QED) is 0.517. The summed E-state index contributed by atoms with van der Waals surface area (Å²) in [5, 5.41) is 9.13. The molecule has 0 atom stereocenters. The third kappa shape index (κ3) is 5.25. The molecule has 3 aromatic rings. The van der Waals surface area contributed by atoms with Gasteiger partial charge in [-0.1, -0.05) is 0 Å². The van der Waals surface area contributed by atoms with E-state index in [1.165, 1.54) is 24.6 Å². The maximum Gasteiger partial charge on any atom is 0.387 e. The van der Waals surface area contributed by atoms with E-state index in [1.807, 2.05) is 4.90 Å². The van der Waals surface area contributed by atoms with Gasteiger partial charge < -0.3 is 23.9 Å². The van der Waals surface area contributed by atoms with Crippen LogP contribution in [-0.4, -0.2) is 28.8 Å². The van der Waals surface area contributed by atoms with Gasteiger partial charge in [-0.25, -0.2) is 9.78 Å². The summed E-state index contributed by atoms with van der Waals surface area (Å²) in [5.41, 5.74) is 1.41. The molecule has 7 nitrogen and oxygen atoms in total. The zero-order chi connectivity index (χ0) is 21.7. The lowest BCUT2D eigenvalue weighted by atomic mass is 10.1. The molecule has 0 radical (unpaired) electrons. The molecule has 0 saturated heterocycles. The molecule has 0 bridgehead atoms. The summed E-state index contributed by atoms with van der Waals surface area (Å²) in [7, 11) is 0. The van der Waals surface area contributed by atoms with Crippen LogP contribution >= 0.6 is 0 Å². The lowest BCUT2D eigenvalue weighted by Crippen LogP contribution is -2.17. The normalized spacial score (nSPS) is 11.0. The number of carbonyl (C=O) groups is 1. The highest BCUT2D eigenvalue weighted by Gasteiger charge is 2.18. The number of rotatable bonds is 9. The number of halogens is 2. The summed E-state index contributed by atoms with van der Waals surface area (Å²) in [6, 6.07) is 10.8. The van der Waals surface area contributed by atoms with Gasteiger partial charge in [0.25, 0.3) is 0 Å². The first kappa shape index (κ1) is 21.1. The zero-order valence-corrected chi connectivity index (χ0v) is 16.3. The Morgan fingerprint density at radius 3 is 2.37 bits per heavy atom. The number of hydrogen-bond donors (Lipinski definition) is 1. The minimum atomic E-state index is -2.99. The molecule has 0 aliphatic rings. The van der Waals surface area contributed by atoms with Crippen molar-refractivity contribution >= 4 is 17.3 Å². The van der Waals surface area contributed by atoms with Crippen LogP contribution in [0.4, 0.5) is 20.2 Å². The van der Waals surface area contributed by atoms with Crippen molar-refractivity contribution in [3.05, 3.63) is 66.4 Å². The fourth-order valence-electron chi connectivity index (χ4n) is 2.80. The Kier molecular flexibility index (Phi) is 6.51. The van der Waals surface area contributed by atoms with Gasteiger partial charge in [0.15, 0.2) is 17.9 Å². The van der Waals surface area contributed by atoms with Crippen LogP contribution in [0.1, 0.15) is 30.0 Å². The maximum absolute atomic E-state index is 12.8. The Morgan fingerprint density at radius 1 is 1.10 bits per heavy atom. The molecular weight excluding hydrogens is 398 g/mol. The van der Waals surface area contributed by atoms with Gasteiger partial charge in [0.1, 0.15) is 5.76 Å². The van der Waals surface area contributed by atoms with Crippen LogP contribution < -0.4 is 14.4 Å². The number of ether oxygens (including phenoxy) is 2. The molecule has 0 amide bonds. The van der Waals surface area contributed by atoms with Crippen molar-refractivity contribution in [3.8, 4) is 11.5 Å². The number of aromatic carboxylic acids is 1. The van der Waals surface area contributed by atoms with Crippen molar-refractivity contribution in [1.29, 1.82) is 0 Å². The summed E-state index contributed by atoms with van der Waals surface area (Å²) in [5.74, 6) is -0.406. The van der Waals surface area contributed by atoms with Crippen LogP contribution in [0.3, 0.4) is 0 Å². The highest BCUT2D eigenvalue weighted by Crippen LogP contribution is 2.37. The van der Waals surface area contributed by atoms with E-state index in [0.717, 1.165) is 0 Å². The van der Waals surface area contributed by atoms with Crippen LogP contribution in [0.5, 0.6) is 11.5 Å². The van der Waals surface area contributed by atoms with Crippen molar-refractivity contribution in [2.45, 2.75) is 33.1 Å². The van der Waals surface area contributed by atoms with Gasteiger partial charge >= 0.3 is 12.6 Å². The second-order valence-electron chi connectivity index (χ2n) is 6.58. The number of benzene rings is 2. The first-order chi connectivity index (χ1) is 14.3. The number of aromatic nitrogens is 1. The highest BCUT2D eigenvalue weighted by molar-refractivity contribution is 5.88. The summed E-state index contributed by atoms with van der Waals surface area (Å²) < 4.78 is 41.1. The molecule has 0 aliphatic carbocycles. The Morgan fingerprint density at radius 2 is 1.80 bits per heavy atom. The predicted molar refractivity (Wildman–Crippen MR) is 105 cm³/mol. The van der Waals surface area contributed by atoms with Gasteiger partial charge in [-0.3, -0.25) is 0 Å². The molecule has 0 spiro atoms. The molecule has 3 rings (SSSR count). The molecule has 0 unspecified atom stereocenters. The van der Waals surface area contributed by atoms with E-state index in [0.29, 0.717) is 17.1 Å². The number of anilines is 2. The minimum Gasteiger partial charge on any atom is -0.487 e. The zero-order valence-electron chi connectivity index (χ0n) is 16.3. The molecule has 2 aromatic carbocycles. The van der Waals surface area contributed by atoms with Crippen molar-refractivity contribution in [2.75, 3.05) is 4.90 Å². The Balaban J connectivity index is 2.02.